The van der Waals surface area contributed by atoms with E-state index in [1.54, 1.807) is 16.7 Å². The van der Waals surface area contributed by atoms with E-state index in [0.29, 0.717) is 13.2 Å². The molecule has 3 aliphatic heterocycles. The molecule has 248 valence electrons. The highest BCUT2D eigenvalue weighted by Gasteiger charge is 2.63. The molecule has 5 atom stereocenters. The first-order valence-corrected chi connectivity index (χ1v) is 18.9. The van der Waals surface area contributed by atoms with E-state index in [4.69, 9.17) is 18.9 Å². The van der Waals surface area contributed by atoms with Crippen molar-refractivity contribution in [1.29, 1.82) is 0 Å². The first-order chi connectivity index (χ1) is 21.0. The van der Waals surface area contributed by atoms with Gasteiger partial charge >= 0.3 is 12.1 Å². The molecule has 0 saturated carbocycles. The highest BCUT2D eigenvalue weighted by atomic mass is 127. The van der Waals surface area contributed by atoms with Gasteiger partial charge in [0.15, 0.2) is 11.5 Å². The van der Waals surface area contributed by atoms with E-state index in [1.807, 2.05) is 39.0 Å². The summed E-state index contributed by atoms with van der Waals surface area (Å²) in [7, 11) is 0. The van der Waals surface area contributed by atoms with Crippen LogP contribution in [-0.4, -0.2) is 78.8 Å². The van der Waals surface area contributed by atoms with Crippen molar-refractivity contribution in [3.63, 3.8) is 0 Å². The average molecular weight is 768 g/mol. The average Bonchev–Trinajstić information content (AvgIpc) is 3.57. The molecule has 0 radical (unpaired) electrons. The predicted octanol–water partition coefficient (Wildman–Crippen LogP) is 6.37. The van der Waals surface area contributed by atoms with Crippen LogP contribution in [-0.2, 0) is 41.4 Å². The van der Waals surface area contributed by atoms with Crippen LogP contribution in [0.2, 0.25) is 0 Å². The third-order valence-electron chi connectivity index (χ3n) is 7.51. The van der Waals surface area contributed by atoms with Gasteiger partial charge in [-0.2, -0.15) is 0 Å². The molecule has 3 aliphatic rings. The number of alkyl halides is 1. The summed E-state index contributed by atoms with van der Waals surface area (Å²) in [5.74, 6) is 1.82. The fourth-order valence-corrected chi connectivity index (χ4v) is 9.02. The number of fused-ring (bicyclic) bond motifs is 2. The molecule has 2 fully saturated rings. The lowest BCUT2D eigenvalue weighted by atomic mass is 9.98. The minimum Gasteiger partial charge on any atom is -0.616 e. The van der Waals surface area contributed by atoms with Gasteiger partial charge in [-0.05, 0) is 57.7 Å². The summed E-state index contributed by atoms with van der Waals surface area (Å²) in [5, 5.41) is 0.187. The van der Waals surface area contributed by atoms with Gasteiger partial charge in [-0.15, -0.1) is 11.8 Å². The summed E-state index contributed by atoms with van der Waals surface area (Å²) in [5.41, 5.74) is 1.17. The minimum absolute atomic E-state index is 0.00362. The second-order valence-electron chi connectivity index (χ2n) is 11.5. The van der Waals surface area contributed by atoms with E-state index in [2.05, 4.69) is 41.2 Å². The molecule has 0 spiro atoms. The quantitative estimate of drug-likeness (QED) is 0.0379. The number of unbranched alkanes of at least 4 members (excludes halogenated alkanes) is 5. The summed E-state index contributed by atoms with van der Waals surface area (Å²) in [6, 6.07) is 5.34. The molecule has 10 nitrogen and oxygen atoms in total. The van der Waals surface area contributed by atoms with Crippen molar-refractivity contribution in [2.75, 3.05) is 25.9 Å². The Labute approximate surface area is 282 Å². The minimum atomic E-state index is -0.875. The number of ether oxygens (including phenoxy) is 5. The smallest absolute Gasteiger partial charge is 0.511 e. The van der Waals surface area contributed by atoms with Gasteiger partial charge in [-0.25, -0.2) is 9.59 Å². The molecular formula is C31H46INO9S2. The van der Waals surface area contributed by atoms with E-state index < -0.39 is 40.9 Å². The monoisotopic (exact) mass is 767 g/mol. The Kier molecular flexibility index (Phi) is 15.0. The largest absolute Gasteiger partial charge is 0.616 e. The molecule has 2 unspecified atom stereocenters. The Hall–Kier alpha value is -1.58. The number of amides is 1. The zero-order valence-corrected chi connectivity index (χ0v) is 30.1. The lowest BCUT2D eigenvalue weighted by Crippen LogP contribution is -2.63. The van der Waals surface area contributed by atoms with Crippen LogP contribution in [0.15, 0.2) is 18.2 Å². The molecule has 3 heterocycles. The normalized spacial score (nSPS) is 22.2. The molecule has 1 aromatic rings. The van der Waals surface area contributed by atoms with Gasteiger partial charge in [0.05, 0.1) is 6.61 Å². The number of benzene rings is 1. The van der Waals surface area contributed by atoms with Gasteiger partial charge in [0.2, 0.25) is 19.5 Å². The van der Waals surface area contributed by atoms with Crippen molar-refractivity contribution < 1.29 is 42.6 Å². The van der Waals surface area contributed by atoms with Crippen LogP contribution in [0.1, 0.15) is 85.1 Å². The topological polar surface area (TPSA) is 124 Å². The third-order valence-corrected chi connectivity index (χ3v) is 12.5. The molecular weight excluding hydrogens is 721 g/mol. The van der Waals surface area contributed by atoms with E-state index in [-0.39, 0.29) is 27.1 Å². The second-order valence-corrected chi connectivity index (χ2v) is 16.6. The number of nitrogens with zero attached hydrogens (tertiary/aromatic N) is 1. The Morgan fingerprint density at radius 1 is 1.09 bits per heavy atom. The van der Waals surface area contributed by atoms with Gasteiger partial charge in [-0.3, -0.25) is 4.79 Å². The second kappa shape index (κ2) is 17.9. The van der Waals surface area contributed by atoms with Crippen molar-refractivity contribution in [2.45, 2.75) is 111 Å². The van der Waals surface area contributed by atoms with Gasteiger partial charge < -0.3 is 33.1 Å². The first-order valence-electron chi connectivity index (χ1n) is 15.4. The lowest BCUT2D eigenvalue weighted by Gasteiger charge is -2.41. The molecule has 2 saturated heterocycles. The number of halogens is 1. The molecule has 13 heteroatoms. The summed E-state index contributed by atoms with van der Waals surface area (Å²) in [4.78, 5) is 36.9. The van der Waals surface area contributed by atoms with Crippen molar-refractivity contribution >= 4 is 63.6 Å². The molecule has 0 aliphatic carbocycles. The standard InChI is InChI=1S/C18H28O3S.C13H18INO6S/c1-3-4-5-6-7-8-11-22(19)15(2)12-16-9-10-17-18(13-16)21-14-20-17;1-4-5-19-12(18)21-6-20-11(17)8-13(2,3)22-10-7(14)9(16)15(8)10/h9-10,13,15H,3-8,11-12,14H2,1-2H3;7-8,10H,4-6H2,1-3H3/t;7-,8+,10-/m.1/s1. The van der Waals surface area contributed by atoms with Gasteiger partial charge in [-0.1, -0.05) is 79.4 Å². The first kappa shape index (κ1) is 36.9. The van der Waals surface area contributed by atoms with Gasteiger partial charge in [0, 0.05) is 11.2 Å². The molecule has 0 N–H and O–H groups in total. The van der Waals surface area contributed by atoms with Crippen LogP contribution in [0.3, 0.4) is 0 Å². The molecule has 4 rings (SSSR count). The van der Waals surface area contributed by atoms with Crippen molar-refractivity contribution in [3.8, 4) is 11.5 Å². The van der Waals surface area contributed by atoms with Crippen LogP contribution in [0.25, 0.3) is 0 Å². The number of hydrogen-bond acceptors (Lipinski definition) is 10. The van der Waals surface area contributed by atoms with Crippen LogP contribution in [0.5, 0.6) is 11.5 Å². The van der Waals surface area contributed by atoms with Crippen molar-refractivity contribution in [1.82, 2.24) is 4.90 Å². The summed E-state index contributed by atoms with van der Waals surface area (Å²) in [6.45, 7) is 10.00. The van der Waals surface area contributed by atoms with Gasteiger partial charge in [0.1, 0.15) is 26.3 Å². The Balaban J connectivity index is 0.000000240. The Bertz CT molecular complexity index is 1110. The SMILES string of the molecule is CCCCCCCC[S+]([O-])C(C)Cc1ccc2c(c1)OCO2.CCCOC(=O)OCOC(=O)[C@@H]1N2C(=O)[C@@H](I)[C@H]2SC1(C)C. The fourth-order valence-electron chi connectivity index (χ4n) is 5.11. The zero-order chi connectivity index (χ0) is 32.3. The highest BCUT2D eigenvalue weighted by molar-refractivity contribution is 14.1. The Morgan fingerprint density at radius 3 is 2.52 bits per heavy atom. The molecule has 1 aromatic carbocycles. The number of carbonyl (C=O) groups is 3. The molecule has 0 bridgehead atoms. The van der Waals surface area contributed by atoms with Crippen molar-refractivity contribution in [2.24, 2.45) is 0 Å². The predicted molar refractivity (Wildman–Crippen MR) is 180 cm³/mol. The molecule has 1 amide bonds. The number of esters is 1. The number of thioether (sulfide) groups is 1. The zero-order valence-electron chi connectivity index (χ0n) is 26.3. The summed E-state index contributed by atoms with van der Waals surface area (Å²) < 4.78 is 36.8. The van der Waals surface area contributed by atoms with E-state index >= 15 is 0 Å². The summed E-state index contributed by atoms with van der Waals surface area (Å²) in [6.07, 6.45) is 8.13. The number of β-lactam (4-membered cyclic amide) rings is 1. The van der Waals surface area contributed by atoms with E-state index in [0.717, 1.165) is 30.1 Å². The van der Waals surface area contributed by atoms with E-state index in [1.165, 1.54) is 37.7 Å². The summed E-state index contributed by atoms with van der Waals surface area (Å²) >= 11 is 2.92. The highest BCUT2D eigenvalue weighted by Crippen LogP contribution is 2.53. The fraction of sp³-hybridized carbons (Fsp3) is 0.710. The van der Waals surface area contributed by atoms with Crippen LogP contribution < -0.4 is 9.47 Å². The maximum absolute atomic E-state index is 12.3. The number of rotatable bonds is 15. The lowest BCUT2D eigenvalue weighted by molar-refractivity contribution is -0.167. The van der Waals surface area contributed by atoms with Crippen LogP contribution in [0.4, 0.5) is 4.79 Å². The maximum Gasteiger partial charge on any atom is 0.511 e. The van der Waals surface area contributed by atoms with Crippen LogP contribution in [0, 0.1) is 0 Å². The van der Waals surface area contributed by atoms with Gasteiger partial charge in [0.25, 0.3) is 0 Å². The Morgan fingerprint density at radius 2 is 1.80 bits per heavy atom. The van der Waals surface area contributed by atoms with Crippen LogP contribution >= 0.6 is 34.4 Å². The van der Waals surface area contributed by atoms with Crippen molar-refractivity contribution in [3.05, 3.63) is 23.8 Å². The third kappa shape index (κ3) is 10.2. The number of hydrogen-bond donors (Lipinski definition) is 0. The maximum atomic E-state index is 12.3. The van der Waals surface area contributed by atoms with E-state index in [9.17, 15) is 18.9 Å². The molecule has 44 heavy (non-hydrogen) atoms. The number of carbonyl (C=O) groups excluding carboxylic acids is 3. The molecule has 0 aromatic heterocycles.